The van der Waals surface area contributed by atoms with E-state index in [1.54, 1.807) is 20.0 Å². The maximum atomic E-state index is 12.0. The minimum atomic E-state index is -3.49. The lowest BCUT2D eigenvalue weighted by Crippen LogP contribution is -2.38. The van der Waals surface area contributed by atoms with Crippen LogP contribution in [-0.2, 0) is 14.8 Å². The fourth-order valence-corrected chi connectivity index (χ4v) is 4.15. The predicted molar refractivity (Wildman–Crippen MR) is 83.2 cm³/mol. The molecule has 0 aliphatic carbocycles. The van der Waals surface area contributed by atoms with E-state index in [-0.39, 0.29) is 37.9 Å². The number of halogens is 1. The Bertz CT molecular complexity index is 543. The second kappa shape index (κ2) is 8.58. The van der Waals surface area contributed by atoms with Crippen LogP contribution in [0.2, 0.25) is 0 Å². The number of amides is 1. The first kappa shape index (κ1) is 19.3. The third-order valence-electron chi connectivity index (χ3n) is 2.36. The van der Waals surface area contributed by atoms with Crippen LogP contribution in [-0.4, -0.2) is 41.0 Å². The molecule has 6 nitrogen and oxygen atoms in total. The molecule has 116 valence electrons. The quantitative estimate of drug-likeness (QED) is 0.626. The number of hydrogen-bond donors (Lipinski definition) is 3. The van der Waals surface area contributed by atoms with E-state index in [0.717, 1.165) is 9.75 Å². The van der Waals surface area contributed by atoms with Gasteiger partial charge in [-0.1, -0.05) is 0 Å². The van der Waals surface area contributed by atoms with Gasteiger partial charge in [-0.2, -0.15) is 0 Å². The number of carbonyl (C=O) groups is 1. The van der Waals surface area contributed by atoms with Crippen molar-refractivity contribution in [2.24, 2.45) is 0 Å². The molecule has 1 aromatic rings. The molecule has 20 heavy (non-hydrogen) atoms. The Morgan fingerprint density at radius 3 is 2.45 bits per heavy atom. The largest absolute Gasteiger partial charge is 0.354 e. The van der Waals surface area contributed by atoms with Crippen LogP contribution < -0.4 is 15.4 Å². The smallest absolute Gasteiger partial charge is 0.241 e. The number of carbonyl (C=O) groups excluding carboxylic acids is 1. The standard InChI is InChI=1S/C11H19N3O3S2.ClH/c1-8-6-10(9(2)18-8)19(16,17)14-5-4-13-11(15)7-12-3;/h6,12,14H,4-5,7H2,1-3H3,(H,13,15);1H. The zero-order valence-electron chi connectivity index (χ0n) is 11.6. The van der Waals surface area contributed by atoms with Crippen LogP contribution in [0.25, 0.3) is 0 Å². The van der Waals surface area contributed by atoms with Crippen molar-refractivity contribution >= 4 is 39.7 Å². The van der Waals surface area contributed by atoms with Gasteiger partial charge in [0.05, 0.1) is 11.4 Å². The number of aryl methyl sites for hydroxylation is 2. The second-order valence-corrected chi connectivity index (χ2v) is 7.25. The summed E-state index contributed by atoms with van der Waals surface area (Å²) in [7, 11) is -1.82. The van der Waals surface area contributed by atoms with Crippen molar-refractivity contribution in [3.63, 3.8) is 0 Å². The average molecular weight is 342 g/mol. The first-order valence-corrected chi connectivity index (χ1v) is 8.15. The summed E-state index contributed by atoms with van der Waals surface area (Å²) in [6.07, 6.45) is 0. The summed E-state index contributed by atoms with van der Waals surface area (Å²) in [4.78, 5) is 13.2. The maximum absolute atomic E-state index is 12.0. The van der Waals surface area contributed by atoms with Crippen LogP contribution in [0.1, 0.15) is 9.75 Å². The Kier molecular flexibility index (Phi) is 8.29. The van der Waals surface area contributed by atoms with Gasteiger partial charge in [-0.25, -0.2) is 13.1 Å². The number of hydrogen-bond acceptors (Lipinski definition) is 5. The maximum Gasteiger partial charge on any atom is 0.241 e. The lowest BCUT2D eigenvalue weighted by atomic mass is 10.4. The molecule has 1 rings (SSSR count). The topological polar surface area (TPSA) is 87.3 Å². The Hall–Kier alpha value is -0.670. The minimum Gasteiger partial charge on any atom is -0.354 e. The van der Waals surface area contributed by atoms with Crippen molar-refractivity contribution in [1.82, 2.24) is 15.4 Å². The van der Waals surface area contributed by atoms with Crippen LogP contribution in [0.5, 0.6) is 0 Å². The van der Waals surface area contributed by atoms with E-state index in [1.807, 2.05) is 6.92 Å². The van der Waals surface area contributed by atoms with Crippen LogP contribution in [0.4, 0.5) is 0 Å². The number of nitrogens with one attached hydrogen (secondary N) is 3. The van der Waals surface area contributed by atoms with Crippen molar-refractivity contribution in [2.45, 2.75) is 18.7 Å². The minimum absolute atomic E-state index is 0. The zero-order valence-corrected chi connectivity index (χ0v) is 14.1. The van der Waals surface area contributed by atoms with Gasteiger partial charge in [0, 0.05) is 22.8 Å². The van der Waals surface area contributed by atoms with Crippen molar-refractivity contribution in [3.05, 3.63) is 15.8 Å². The number of likely N-dealkylation sites (N-methyl/N-ethyl adjacent to an activating group) is 1. The molecule has 0 spiro atoms. The molecule has 0 aliphatic heterocycles. The lowest BCUT2D eigenvalue weighted by Gasteiger charge is -2.07. The monoisotopic (exact) mass is 341 g/mol. The molecule has 0 atom stereocenters. The molecule has 0 saturated carbocycles. The highest BCUT2D eigenvalue weighted by atomic mass is 35.5. The van der Waals surface area contributed by atoms with Gasteiger partial charge >= 0.3 is 0 Å². The molecule has 3 N–H and O–H groups in total. The second-order valence-electron chi connectivity index (χ2n) is 4.06. The van der Waals surface area contributed by atoms with Crippen molar-refractivity contribution < 1.29 is 13.2 Å². The van der Waals surface area contributed by atoms with Gasteiger partial charge in [0.2, 0.25) is 15.9 Å². The van der Waals surface area contributed by atoms with E-state index in [2.05, 4.69) is 15.4 Å². The van der Waals surface area contributed by atoms with E-state index in [4.69, 9.17) is 0 Å². The molecule has 9 heteroatoms. The Morgan fingerprint density at radius 1 is 1.30 bits per heavy atom. The van der Waals surface area contributed by atoms with Crippen molar-refractivity contribution in [1.29, 1.82) is 0 Å². The van der Waals surface area contributed by atoms with E-state index in [9.17, 15) is 13.2 Å². The highest BCUT2D eigenvalue weighted by molar-refractivity contribution is 7.89. The molecule has 0 bridgehead atoms. The molecular weight excluding hydrogens is 322 g/mol. The zero-order chi connectivity index (χ0) is 14.5. The summed E-state index contributed by atoms with van der Waals surface area (Å²) >= 11 is 1.45. The summed E-state index contributed by atoms with van der Waals surface area (Å²) in [5.41, 5.74) is 0. The molecule has 0 radical (unpaired) electrons. The summed E-state index contributed by atoms with van der Waals surface area (Å²) < 4.78 is 26.5. The van der Waals surface area contributed by atoms with Gasteiger partial charge < -0.3 is 10.6 Å². The van der Waals surface area contributed by atoms with Crippen molar-refractivity contribution in [2.75, 3.05) is 26.7 Å². The molecule has 0 fully saturated rings. The summed E-state index contributed by atoms with van der Waals surface area (Å²) in [5.74, 6) is -0.163. The van der Waals surface area contributed by atoms with Crippen LogP contribution in [0.3, 0.4) is 0 Å². The third-order valence-corrected chi connectivity index (χ3v) is 5.04. The van der Waals surface area contributed by atoms with Crippen LogP contribution in [0, 0.1) is 13.8 Å². The Balaban J connectivity index is 0.00000361. The molecule has 0 aliphatic rings. The van der Waals surface area contributed by atoms with E-state index in [1.165, 1.54) is 11.3 Å². The van der Waals surface area contributed by atoms with Gasteiger partial charge in [0.25, 0.3) is 0 Å². The summed E-state index contributed by atoms with van der Waals surface area (Å²) in [6, 6.07) is 1.65. The lowest BCUT2D eigenvalue weighted by molar-refractivity contribution is -0.120. The molecule has 1 heterocycles. The van der Waals surface area contributed by atoms with E-state index >= 15 is 0 Å². The van der Waals surface area contributed by atoms with E-state index in [0.29, 0.717) is 4.90 Å². The number of rotatable bonds is 7. The van der Waals surface area contributed by atoms with Gasteiger partial charge in [-0.3, -0.25) is 4.79 Å². The number of sulfonamides is 1. The van der Waals surface area contributed by atoms with Gasteiger partial charge in [0.15, 0.2) is 0 Å². The SMILES string of the molecule is CNCC(=O)NCCNS(=O)(=O)c1cc(C)sc1C.Cl. The molecule has 1 aromatic heterocycles. The average Bonchev–Trinajstić information content (AvgIpc) is 2.65. The Labute approximate surface area is 129 Å². The normalized spacial score (nSPS) is 10.9. The van der Waals surface area contributed by atoms with E-state index < -0.39 is 10.0 Å². The van der Waals surface area contributed by atoms with Gasteiger partial charge in [-0.15, -0.1) is 23.7 Å². The number of thiophene rings is 1. The highest BCUT2D eigenvalue weighted by Crippen LogP contribution is 2.24. The van der Waals surface area contributed by atoms with Gasteiger partial charge in [0.1, 0.15) is 0 Å². The fourth-order valence-electron chi connectivity index (χ4n) is 1.56. The van der Waals surface area contributed by atoms with Gasteiger partial charge in [-0.05, 0) is 27.0 Å². The Morgan fingerprint density at radius 2 is 1.95 bits per heavy atom. The molecule has 1 amide bonds. The fraction of sp³-hybridized carbons (Fsp3) is 0.545. The molecule has 0 aromatic carbocycles. The first-order valence-electron chi connectivity index (χ1n) is 5.85. The first-order chi connectivity index (χ1) is 8.86. The van der Waals surface area contributed by atoms with Crippen LogP contribution in [0.15, 0.2) is 11.0 Å². The molecule has 0 unspecified atom stereocenters. The summed E-state index contributed by atoms with van der Waals surface area (Å²) in [5, 5.41) is 5.31. The van der Waals surface area contributed by atoms with Crippen molar-refractivity contribution in [3.8, 4) is 0 Å². The third kappa shape index (κ3) is 5.76. The molecule has 0 saturated heterocycles. The highest BCUT2D eigenvalue weighted by Gasteiger charge is 2.18. The molecular formula is C11H20ClN3O3S2. The van der Waals surface area contributed by atoms with Crippen LogP contribution >= 0.6 is 23.7 Å². The predicted octanol–water partition coefficient (Wildman–Crippen LogP) is 0.401. The summed E-state index contributed by atoms with van der Waals surface area (Å²) in [6.45, 7) is 4.30.